The van der Waals surface area contributed by atoms with E-state index in [1.807, 2.05) is 13.8 Å². The number of aromatic amines is 1. The van der Waals surface area contributed by atoms with Crippen molar-refractivity contribution in [2.45, 2.75) is 31.5 Å². The highest BCUT2D eigenvalue weighted by atomic mass is 32.2. The molecule has 1 unspecified atom stereocenters. The molecule has 1 aromatic rings. The zero-order valence-corrected chi connectivity index (χ0v) is 12.5. The molecule has 1 atom stereocenters. The topological polar surface area (TPSA) is 123 Å². The third-order valence-corrected chi connectivity index (χ3v) is 3.19. The van der Waals surface area contributed by atoms with Crippen LogP contribution in [0.4, 0.5) is 5.95 Å². The van der Waals surface area contributed by atoms with Crippen molar-refractivity contribution in [1.29, 1.82) is 0 Å². The first kappa shape index (κ1) is 16.3. The van der Waals surface area contributed by atoms with Crippen molar-refractivity contribution in [1.82, 2.24) is 20.5 Å². The van der Waals surface area contributed by atoms with E-state index < -0.39 is 12.0 Å². The van der Waals surface area contributed by atoms with Crippen molar-refractivity contribution < 1.29 is 14.3 Å². The summed E-state index contributed by atoms with van der Waals surface area (Å²) in [6, 6.07) is -0.634. The number of methoxy groups -OCH3 is 1. The number of ether oxygens (including phenoxy) is 1. The van der Waals surface area contributed by atoms with Gasteiger partial charge in [0.15, 0.2) is 0 Å². The van der Waals surface area contributed by atoms with Crippen molar-refractivity contribution in [3.05, 3.63) is 0 Å². The Morgan fingerprint density at radius 1 is 1.50 bits per heavy atom. The lowest BCUT2D eigenvalue weighted by Crippen LogP contribution is -2.43. The van der Waals surface area contributed by atoms with Crippen LogP contribution in [0.15, 0.2) is 5.16 Å². The lowest BCUT2D eigenvalue weighted by Gasteiger charge is -2.17. The molecule has 0 fully saturated rings. The third-order valence-electron chi connectivity index (χ3n) is 2.34. The largest absolute Gasteiger partial charge is 0.467 e. The summed E-state index contributed by atoms with van der Waals surface area (Å²) in [4.78, 5) is 27.2. The highest BCUT2D eigenvalue weighted by Crippen LogP contribution is 2.13. The fourth-order valence-electron chi connectivity index (χ4n) is 1.52. The van der Waals surface area contributed by atoms with E-state index in [0.717, 1.165) is 11.8 Å². The molecule has 0 saturated carbocycles. The maximum Gasteiger partial charge on any atom is 0.328 e. The summed E-state index contributed by atoms with van der Waals surface area (Å²) in [5.41, 5.74) is 5.37. The first-order chi connectivity index (χ1) is 9.42. The maximum absolute atomic E-state index is 11.8. The molecule has 0 aliphatic heterocycles. The minimum Gasteiger partial charge on any atom is -0.467 e. The van der Waals surface area contributed by atoms with Gasteiger partial charge in [0.25, 0.3) is 0 Å². The Balaban J connectivity index is 2.46. The van der Waals surface area contributed by atoms with Crippen LogP contribution in [-0.2, 0) is 14.3 Å². The Kier molecular flexibility index (Phi) is 6.29. The molecule has 1 rings (SSSR count). The van der Waals surface area contributed by atoms with Gasteiger partial charge >= 0.3 is 5.97 Å². The van der Waals surface area contributed by atoms with Gasteiger partial charge in [0.05, 0.1) is 12.9 Å². The molecule has 4 N–H and O–H groups in total. The molecule has 0 radical (unpaired) electrons. The van der Waals surface area contributed by atoms with Crippen molar-refractivity contribution in [2.24, 2.45) is 5.92 Å². The Labute approximate surface area is 121 Å². The molecule has 112 valence electrons. The number of hydrogen-bond donors (Lipinski definition) is 3. The number of carbonyl (C=O) groups excluding carboxylic acids is 2. The van der Waals surface area contributed by atoms with Gasteiger partial charge in [0.1, 0.15) is 6.04 Å². The van der Waals surface area contributed by atoms with Gasteiger partial charge in [-0.1, -0.05) is 25.6 Å². The summed E-state index contributed by atoms with van der Waals surface area (Å²) < 4.78 is 4.67. The second-order valence-electron chi connectivity index (χ2n) is 4.56. The number of nitrogens with zero attached hydrogens (tertiary/aromatic N) is 2. The SMILES string of the molecule is COC(=O)C(CC(C)C)NC(=O)CSc1n[nH]c(N)n1. The number of rotatable bonds is 7. The maximum atomic E-state index is 11.8. The summed E-state index contributed by atoms with van der Waals surface area (Å²) >= 11 is 1.13. The normalized spacial score (nSPS) is 12.2. The van der Waals surface area contributed by atoms with Crippen LogP contribution in [0.3, 0.4) is 0 Å². The number of aromatic nitrogens is 3. The van der Waals surface area contributed by atoms with E-state index in [2.05, 4.69) is 25.2 Å². The molecule has 0 aliphatic carbocycles. The molecule has 0 saturated heterocycles. The molecule has 1 heterocycles. The second-order valence-corrected chi connectivity index (χ2v) is 5.51. The predicted molar refractivity (Wildman–Crippen MR) is 74.9 cm³/mol. The number of nitrogen functional groups attached to an aromatic ring is 1. The fraction of sp³-hybridized carbons (Fsp3) is 0.636. The van der Waals surface area contributed by atoms with Gasteiger partial charge < -0.3 is 15.8 Å². The minimum atomic E-state index is -0.634. The quantitative estimate of drug-likeness (QED) is 0.485. The molecule has 9 heteroatoms. The smallest absolute Gasteiger partial charge is 0.328 e. The van der Waals surface area contributed by atoms with E-state index in [4.69, 9.17) is 5.73 Å². The monoisotopic (exact) mass is 301 g/mol. The summed E-state index contributed by atoms with van der Waals surface area (Å²) in [5.74, 6) is -0.170. The van der Waals surface area contributed by atoms with Crippen LogP contribution in [0, 0.1) is 5.92 Å². The predicted octanol–water partition coefficient (Wildman–Crippen LogP) is 0.183. The highest BCUT2D eigenvalue weighted by Gasteiger charge is 2.22. The minimum absolute atomic E-state index is 0.100. The van der Waals surface area contributed by atoms with Gasteiger partial charge in [-0.05, 0) is 12.3 Å². The molecular formula is C11H19N5O3S. The number of H-pyrrole nitrogens is 1. The molecule has 1 aromatic heterocycles. The van der Waals surface area contributed by atoms with E-state index in [-0.39, 0.29) is 23.5 Å². The zero-order chi connectivity index (χ0) is 15.1. The first-order valence-corrected chi connectivity index (χ1v) is 7.08. The zero-order valence-electron chi connectivity index (χ0n) is 11.7. The summed E-state index contributed by atoms with van der Waals surface area (Å²) in [6.45, 7) is 3.93. The number of hydrogen-bond acceptors (Lipinski definition) is 7. The Bertz CT molecular complexity index is 463. The lowest BCUT2D eigenvalue weighted by atomic mass is 10.0. The van der Waals surface area contributed by atoms with E-state index >= 15 is 0 Å². The average molecular weight is 301 g/mol. The van der Waals surface area contributed by atoms with Crippen LogP contribution in [0.25, 0.3) is 0 Å². The Morgan fingerprint density at radius 2 is 2.20 bits per heavy atom. The van der Waals surface area contributed by atoms with Crippen LogP contribution in [0.2, 0.25) is 0 Å². The van der Waals surface area contributed by atoms with Crippen molar-refractivity contribution >= 4 is 29.6 Å². The van der Waals surface area contributed by atoms with E-state index in [1.54, 1.807) is 0 Å². The number of thioether (sulfide) groups is 1. The van der Waals surface area contributed by atoms with Crippen molar-refractivity contribution in [2.75, 3.05) is 18.6 Å². The van der Waals surface area contributed by atoms with E-state index in [0.29, 0.717) is 11.6 Å². The van der Waals surface area contributed by atoms with Crippen molar-refractivity contribution in [3.63, 3.8) is 0 Å². The number of amides is 1. The van der Waals surface area contributed by atoms with Gasteiger partial charge in [0.2, 0.25) is 17.0 Å². The molecule has 0 aromatic carbocycles. The molecule has 20 heavy (non-hydrogen) atoms. The van der Waals surface area contributed by atoms with Crippen molar-refractivity contribution in [3.8, 4) is 0 Å². The van der Waals surface area contributed by atoms with Gasteiger partial charge in [-0.25, -0.2) is 9.89 Å². The average Bonchev–Trinajstić information content (AvgIpc) is 2.80. The Hall–Kier alpha value is -1.77. The molecular weight excluding hydrogens is 282 g/mol. The summed E-state index contributed by atoms with van der Waals surface area (Å²) in [7, 11) is 1.30. The van der Waals surface area contributed by atoms with Gasteiger partial charge in [-0.3, -0.25) is 4.79 Å². The van der Waals surface area contributed by atoms with Crippen LogP contribution in [0.5, 0.6) is 0 Å². The highest BCUT2D eigenvalue weighted by molar-refractivity contribution is 7.99. The summed E-state index contributed by atoms with van der Waals surface area (Å²) in [5, 5.41) is 9.30. The van der Waals surface area contributed by atoms with Gasteiger partial charge in [-0.15, -0.1) is 5.10 Å². The van der Waals surface area contributed by atoms with Gasteiger partial charge in [-0.2, -0.15) is 4.98 Å². The number of carbonyl (C=O) groups is 2. The molecule has 0 bridgehead atoms. The number of esters is 1. The fourth-order valence-corrected chi connectivity index (χ4v) is 2.13. The number of anilines is 1. The van der Waals surface area contributed by atoms with Crippen LogP contribution in [-0.4, -0.2) is 46.0 Å². The lowest BCUT2D eigenvalue weighted by molar-refractivity contribution is -0.145. The van der Waals surface area contributed by atoms with Crippen LogP contribution >= 0.6 is 11.8 Å². The van der Waals surface area contributed by atoms with E-state index in [1.165, 1.54) is 7.11 Å². The standard InChI is InChI=1S/C11H19N5O3S/c1-6(2)4-7(9(18)19-3)13-8(17)5-20-11-14-10(12)15-16-11/h6-7H,4-5H2,1-3H3,(H,13,17)(H3,12,14,15,16). The van der Waals surface area contributed by atoms with Crippen LogP contribution in [0.1, 0.15) is 20.3 Å². The molecule has 0 aliphatic rings. The van der Waals surface area contributed by atoms with E-state index in [9.17, 15) is 9.59 Å². The second kappa shape index (κ2) is 7.73. The molecule has 8 nitrogen and oxygen atoms in total. The Morgan fingerprint density at radius 3 is 2.70 bits per heavy atom. The van der Waals surface area contributed by atoms with Crippen LogP contribution < -0.4 is 11.1 Å². The number of nitrogens with one attached hydrogen (secondary N) is 2. The van der Waals surface area contributed by atoms with Gasteiger partial charge in [0, 0.05) is 0 Å². The number of nitrogens with two attached hydrogens (primary N) is 1. The molecule has 0 spiro atoms. The third kappa shape index (κ3) is 5.47. The molecule has 1 amide bonds. The first-order valence-electron chi connectivity index (χ1n) is 6.10. The summed E-state index contributed by atoms with van der Waals surface area (Å²) in [6.07, 6.45) is 0.524.